The number of aromatic amines is 1. The van der Waals surface area contributed by atoms with Crippen molar-refractivity contribution in [2.24, 2.45) is 5.41 Å². The van der Waals surface area contributed by atoms with E-state index in [0.717, 1.165) is 37.2 Å². The number of aromatic nitrogens is 2. The first-order valence-electron chi connectivity index (χ1n) is 11.3. The van der Waals surface area contributed by atoms with Gasteiger partial charge in [0.25, 0.3) is 16.1 Å². The third-order valence-corrected chi connectivity index (χ3v) is 8.73. The van der Waals surface area contributed by atoms with Crippen LogP contribution in [0.4, 0.5) is 11.4 Å². The second-order valence-corrected chi connectivity index (χ2v) is 12.0. The number of rotatable bonds is 4. The Morgan fingerprint density at radius 2 is 1.85 bits per heavy atom. The largest absolute Gasteiger partial charge is 0.370 e. The van der Waals surface area contributed by atoms with Crippen LogP contribution in [0.5, 0.6) is 0 Å². The van der Waals surface area contributed by atoms with Gasteiger partial charge >= 0.3 is 0 Å². The average Bonchev–Trinajstić information content (AvgIpc) is 3.27. The molecule has 0 atom stereocenters. The molecule has 2 aliphatic heterocycles. The molecular formula is C23H31N7O3S. The van der Waals surface area contributed by atoms with E-state index in [-0.39, 0.29) is 22.9 Å². The maximum Gasteiger partial charge on any atom is 0.291 e. The van der Waals surface area contributed by atoms with E-state index in [9.17, 15) is 13.2 Å². The minimum atomic E-state index is -3.41. The lowest BCUT2D eigenvalue weighted by Crippen LogP contribution is -2.49. The summed E-state index contributed by atoms with van der Waals surface area (Å²) in [6.07, 6.45) is 3.39. The van der Waals surface area contributed by atoms with Crippen LogP contribution in [-0.2, 0) is 10.2 Å². The van der Waals surface area contributed by atoms with Crippen LogP contribution in [0.25, 0.3) is 0 Å². The van der Waals surface area contributed by atoms with Gasteiger partial charge in [0, 0.05) is 46.2 Å². The number of carbonyl (C=O) groups is 1. The Hall–Kier alpha value is -2.94. The smallest absolute Gasteiger partial charge is 0.291 e. The second-order valence-electron chi connectivity index (χ2n) is 9.90. The summed E-state index contributed by atoms with van der Waals surface area (Å²) in [5, 5.41) is 11.9. The molecule has 1 amide bonds. The van der Waals surface area contributed by atoms with Crippen molar-refractivity contribution >= 4 is 27.5 Å². The predicted molar refractivity (Wildman–Crippen MR) is 130 cm³/mol. The van der Waals surface area contributed by atoms with Gasteiger partial charge < -0.3 is 15.2 Å². The molecule has 0 aliphatic carbocycles. The van der Waals surface area contributed by atoms with Crippen molar-refractivity contribution < 1.29 is 13.2 Å². The van der Waals surface area contributed by atoms with Crippen LogP contribution in [-0.4, -0.2) is 73.2 Å². The van der Waals surface area contributed by atoms with Crippen LogP contribution in [0.15, 0.2) is 24.4 Å². The van der Waals surface area contributed by atoms with Gasteiger partial charge in [-0.25, -0.2) is 4.98 Å². The summed E-state index contributed by atoms with van der Waals surface area (Å²) in [6, 6.07) is 7.83. The first-order chi connectivity index (χ1) is 16.0. The highest BCUT2D eigenvalue weighted by Crippen LogP contribution is 2.37. The lowest BCUT2D eigenvalue weighted by molar-refractivity contribution is 0.101. The van der Waals surface area contributed by atoms with Gasteiger partial charge in [-0.2, -0.15) is 22.3 Å². The van der Waals surface area contributed by atoms with Gasteiger partial charge in [0.1, 0.15) is 11.8 Å². The molecule has 0 bridgehead atoms. The number of benzene rings is 1. The number of piperidine rings is 1. The summed E-state index contributed by atoms with van der Waals surface area (Å²) in [4.78, 5) is 21.8. The van der Waals surface area contributed by atoms with Crippen LogP contribution in [0.1, 0.15) is 54.5 Å². The second kappa shape index (κ2) is 9.02. The van der Waals surface area contributed by atoms with Crippen LogP contribution in [0.2, 0.25) is 0 Å². The van der Waals surface area contributed by atoms with Crippen molar-refractivity contribution in [1.29, 1.82) is 5.26 Å². The third-order valence-electron chi connectivity index (χ3n) is 6.85. The van der Waals surface area contributed by atoms with E-state index in [1.807, 2.05) is 18.2 Å². The molecule has 4 rings (SSSR count). The first kappa shape index (κ1) is 24.2. The van der Waals surface area contributed by atoms with Crippen molar-refractivity contribution in [3.63, 3.8) is 0 Å². The molecule has 0 spiro atoms. The van der Waals surface area contributed by atoms with Gasteiger partial charge in [0.2, 0.25) is 0 Å². The van der Waals surface area contributed by atoms with E-state index in [1.165, 1.54) is 14.8 Å². The highest BCUT2D eigenvalue weighted by molar-refractivity contribution is 7.86. The third kappa shape index (κ3) is 4.80. The lowest BCUT2D eigenvalue weighted by Gasteiger charge is -2.40. The summed E-state index contributed by atoms with van der Waals surface area (Å²) < 4.78 is 27.5. The molecule has 2 N–H and O–H groups in total. The normalized spacial score (nSPS) is 21.2. The van der Waals surface area contributed by atoms with E-state index >= 15 is 0 Å². The number of carbonyl (C=O) groups excluding carboxylic acids is 1. The molecule has 2 aliphatic rings. The van der Waals surface area contributed by atoms with Gasteiger partial charge in [-0.15, -0.1) is 0 Å². The SMILES string of the molecule is CN1CC(c2ccc(NC(=O)c3ncc(C#N)[nH]3)c(N3CCC(C)(C)CC3)c2)CN(C)S1(=O)=O. The van der Waals surface area contributed by atoms with E-state index in [1.54, 1.807) is 14.1 Å². The molecule has 0 unspecified atom stereocenters. The van der Waals surface area contributed by atoms with Crippen LogP contribution >= 0.6 is 0 Å². The molecule has 10 nitrogen and oxygen atoms in total. The minimum Gasteiger partial charge on any atom is -0.370 e. The minimum absolute atomic E-state index is 0.00604. The van der Waals surface area contributed by atoms with E-state index in [4.69, 9.17) is 5.26 Å². The fourth-order valence-electron chi connectivity index (χ4n) is 4.51. The Labute approximate surface area is 200 Å². The van der Waals surface area contributed by atoms with Crippen molar-refractivity contribution in [1.82, 2.24) is 18.6 Å². The number of nitriles is 1. The number of anilines is 2. The number of hydrogen-bond acceptors (Lipinski definition) is 6. The van der Waals surface area contributed by atoms with E-state index < -0.39 is 16.1 Å². The number of hydrogen-bond donors (Lipinski definition) is 2. The molecule has 2 aromatic rings. The maximum absolute atomic E-state index is 12.8. The first-order valence-corrected chi connectivity index (χ1v) is 12.7. The van der Waals surface area contributed by atoms with Crippen molar-refractivity contribution in [3.8, 4) is 6.07 Å². The van der Waals surface area contributed by atoms with Gasteiger partial charge in [0.15, 0.2) is 5.82 Å². The monoisotopic (exact) mass is 485 g/mol. The predicted octanol–water partition coefficient (Wildman–Crippen LogP) is 2.37. The zero-order valence-corrected chi connectivity index (χ0v) is 20.8. The van der Waals surface area contributed by atoms with Gasteiger partial charge in [0.05, 0.1) is 17.6 Å². The molecule has 34 heavy (non-hydrogen) atoms. The molecule has 0 saturated carbocycles. The highest BCUT2D eigenvalue weighted by Gasteiger charge is 2.35. The number of H-pyrrole nitrogens is 1. The van der Waals surface area contributed by atoms with Crippen LogP contribution in [0.3, 0.4) is 0 Å². The van der Waals surface area contributed by atoms with Gasteiger partial charge in [-0.1, -0.05) is 19.9 Å². The molecule has 2 fully saturated rings. The average molecular weight is 486 g/mol. The molecular weight excluding hydrogens is 454 g/mol. The Kier molecular flexibility index (Phi) is 6.42. The van der Waals surface area contributed by atoms with Crippen molar-refractivity contribution in [2.45, 2.75) is 32.6 Å². The highest BCUT2D eigenvalue weighted by atomic mass is 32.2. The topological polar surface area (TPSA) is 125 Å². The number of nitrogens with zero attached hydrogens (tertiary/aromatic N) is 5. The number of imidazole rings is 1. The number of likely N-dealkylation sites (N-methyl/N-ethyl adjacent to an activating group) is 2. The number of nitrogens with one attached hydrogen (secondary N) is 2. The summed E-state index contributed by atoms with van der Waals surface area (Å²) in [5.74, 6) is -0.338. The molecule has 1 aromatic carbocycles. The van der Waals surface area contributed by atoms with Crippen LogP contribution < -0.4 is 10.2 Å². The van der Waals surface area contributed by atoms with Crippen molar-refractivity contribution in [3.05, 3.63) is 41.5 Å². The summed E-state index contributed by atoms with van der Waals surface area (Å²) in [7, 11) is -0.221. The fraction of sp³-hybridized carbons (Fsp3) is 0.522. The molecule has 0 radical (unpaired) electrons. The number of amides is 1. The van der Waals surface area contributed by atoms with E-state index in [0.29, 0.717) is 18.8 Å². The lowest BCUT2D eigenvalue weighted by atomic mass is 9.82. The van der Waals surface area contributed by atoms with Gasteiger partial charge in [-0.05, 0) is 36.0 Å². The standard InChI is InChI=1S/C23H31N7O3S/c1-23(2)7-9-30(10-8-23)20-11-16(17-14-28(3)34(32,33)29(4)15-17)5-6-19(20)27-22(31)21-25-13-18(12-24)26-21/h5-6,11,13,17H,7-10,14-15H2,1-4H3,(H,25,26)(H,27,31). The Morgan fingerprint density at radius 3 is 2.44 bits per heavy atom. The van der Waals surface area contributed by atoms with Gasteiger partial charge in [-0.3, -0.25) is 4.79 Å². The Morgan fingerprint density at radius 1 is 1.21 bits per heavy atom. The maximum atomic E-state index is 12.8. The molecule has 3 heterocycles. The zero-order valence-electron chi connectivity index (χ0n) is 20.0. The molecule has 2 saturated heterocycles. The van der Waals surface area contributed by atoms with Crippen molar-refractivity contribution in [2.75, 3.05) is 50.5 Å². The Bertz CT molecular complexity index is 1200. The zero-order chi connectivity index (χ0) is 24.7. The summed E-state index contributed by atoms with van der Waals surface area (Å²) in [5.41, 5.74) is 3.08. The summed E-state index contributed by atoms with van der Waals surface area (Å²) >= 11 is 0. The molecule has 182 valence electrons. The fourth-order valence-corrected chi connectivity index (χ4v) is 5.73. The quantitative estimate of drug-likeness (QED) is 0.685. The summed E-state index contributed by atoms with van der Waals surface area (Å²) in [6.45, 7) is 7.04. The van der Waals surface area contributed by atoms with Crippen LogP contribution in [0, 0.1) is 16.7 Å². The molecule has 1 aromatic heterocycles. The molecule has 11 heteroatoms. The van der Waals surface area contributed by atoms with E-state index in [2.05, 4.69) is 40.1 Å². The Balaban J connectivity index is 1.64.